The Hall–Kier alpha value is -2.58. The Kier molecular flexibility index (Phi) is 5.78. The van der Waals surface area contributed by atoms with Crippen LogP contribution in [-0.4, -0.2) is 65.7 Å². The first-order chi connectivity index (χ1) is 13.7. The van der Waals surface area contributed by atoms with Gasteiger partial charge < -0.3 is 19.9 Å². The Morgan fingerprint density at radius 1 is 1.11 bits per heavy atom. The van der Waals surface area contributed by atoms with Crippen LogP contribution in [0.4, 0.5) is 11.5 Å². The van der Waals surface area contributed by atoms with Crippen LogP contribution < -0.4 is 10.2 Å². The zero-order chi connectivity index (χ0) is 19.3. The van der Waals surface area contributed by atoms with Crippen molar-refractivity contribution >= 4 is 35.1 Å². The highest BCUT2D eigenvalue weighted by Crippen LogP contribution is 2.24. The third kappa shape index (κ3) is 4.13. The smallest absolute Gasteiger partial charge is 0.255 e. The second-order valence-corrected chi connectivity index (χ2v) is 7.65. The summed E-state index contributed by atoms with van der Waals surface area (Å²) >= 11 is 1.58. The van der Waals surface area contributed by atoms with Crippen LogP contribution in [0.3, 0.4) is 0 Å². The second kappa shape index (κ2) is 8.62. The first kappa shape index (κ1) is 18.8. The lowest BCUT2D eigenvalue weighted by molar-refractivity contribution is -0.119. The van der Waals surface area contributed by atoms with Gasteiger partial charge in [0.2, 0.25) is 5.91 Å². The number of ether oxygens (including phenoxy) is 1. The number of nitrogens with one attached hydrogen (secondary N) is 1. The van der Waals surface area contributed by atoms with Crippen LogP contribution in [0, 0.1) is 0 Å². The van der Waals surface area contributed by atoms with E-state index in [1.807, 2.05) is 24.3 Å². The zero-order valence-electron chi connectivity index (χ0n) is 15.4. The molecule has 2 saturated heterocycles. The van der Waals surface area contributed by atoms with E-state index in [-0.39, 0.29) is 11.8 Å². The fraction of sp³-hybridized carbons (Fsp3) is 0.350. The molecule has 2 aliphatic rings. The molecule has 2 amide bonds. The lowest BCUT2D eigenvalue weighted by Gasteiger charge is -2.28. The van der Waals surface area contributed by atoms with Crippen molar-refractivity contribution in [1.82, 2.24) is 9.88 Å². The van der Waals surface area contributed by atoms with Gasteiger partial charge in [0.15, 0.2) is 0 Å². The van der Waals surface area contributed by atoms with Gasteiger partial charge in [-0.15, -0.1) is 11.8 Å². The molecular formula is C20H22N4O3S. The topological polar surface area (TPSA) is 74.8 Å². The fourth-order valence-corrected chi connectivity index (χ4v) is 4.44. The van der Waals surface area contributed by atoms with Crippen LogP contribution in [0.1, 0.15) is 10.4 Å². The van der Waals surface area contributed by atoms with Crippen LogP contribution in [-0.2, 0) is 9.53 Å². The minimum absolute atomic E-state index is 0.124. The molecule has 28 heavy (non-hydrogen) atoms. The van der Waals surface area contributed by atoms with Crippen LogP contribution in [0.15, 0.2) is 48.7 Å². The van der Waals surface area contributed by atoms with Crippen LogP contribution in [0.2, 0.25) is 0 Å². The summed E-state index contributed by atoms with van der Waals surface area (Å²) in [5.41, 5.74) is 1.61. The number of thioether (sulfide) groups is 1. The maximum Gasteiger partial charge on any atom is 0.255 e. The van der Waals surface area contributed by atoms with E-state index in [4.69, 9.17) is 4.74 Å². The number of anilines is 2. The highest BCUT2D eigenvalue weighted by molar-refractivity contribution is 7.99. The van der Waals surface area contributed by atoms with Crippen molar-refractivity contribution < 1.29 is 14.3 Å². The van der Waals surface area contributed by atoms with Gasteiger partial charge in [-0.25, -0.2) is 4.98 Å². The highest BCUT2D eigenvalue weighted by Gasteiger charge is 2.35. The molecule has 0 bridgehead atoms. The van der Waals surface area contributed by atoms with Crippen molar-refractivity contribution in [3.8, 4) is 0 Å². The summed E-state index contributed by atoms with van der Waals surface area (Å²) in [4.78, 5) is 33.7. The largest absolute Gasteiger partial charge is 0.378 e. The predicted molar refractivity (Wildman–Crippen MR) is 110 cm³/mol. The molecule has 2 aliphatic heterocycles. The summed E-state index contributed by atoms with van der Waals surface area (Å²) in [5.74, 6) is 1.25. The van der Waals surface area contributed by atoms with Crippen molar-refractivity contribution in [2.45, 2.75) is 6.04 Å². The Balaban J connectivity index is 1.40. The van der Waals surface area contributed by atoms with E-state index in [9.17, 15) is 9.59 Å². The number of carbonyl (C=O) groups excluding carboxylic acids is 2. The van der Waals surface area contributed by atoms with Crippen molar-refractivity contribution in [2.75, 3.05) is 48.1 Å². The summed E-state index contributed by atoms with van der Waals surface area (Å²) in [7, 11) is 0. The van der Waals surface area contributed by atoms with Crippen molar-refractivity contribution in [1.29, 1.82) is 0 Å². The summed E-state index contributed by atoms with van der Waals surface area (Å²) < 4.78 is 5.36. The zero-order valence-corrected chi connectivity index (χ0v) is 16.2. The van der Waals surface area contributed by atoms with Gasteiger partial charge in [0.1, 0.15) is 11.9 Å². The fourth-order valence-electron chi connectivity index (χ4n) is 3.28. The third-order valence-electron chi connectivity index (χ3n) is 4.84. The minimum atomic E-state index is -0.501. The number of hydrogen-bond donors (Lipinski definition) is 1. The summed E-state index contributed by atoms with van der Waals surface area (Å²) in [6.07, 6.45) is 1.76. The molecular weight excluding hydrogens is 376 g/mol. The minimum Gasteiger partial charge on any atom is -0.378 e. The molecule has 1 aromatic carbocycles. The lowest BCUT2D eigenvalue weighted by atomic mass is 10.1. The Labute approximate surface area is 168 Å². The van der Waals surface area contributed by atoms with Gasteiger partial charge in [-0.05, 0) is 24.3 Å². The summed E-state index contributed by atoms with van der Waals surface area (Å²) in [6.45, 7) is 3.10. The molecule has 1 unspecified atom stereocenters. The number of morpholine rings is 1. The predicted octanol–water partition coefficient (Wildman–Crippen LogP) is 2.07. The molecule has 7 nitrogen and oxygen atoms in total. The maximum absolute atomic E-state index is 12.8. The van der Waals surface area contributed by atoms with E-state index in [0.29, 0.717) is 36.2 Å². The molecule has 2 aromatic rings. The number of hydrogen-bond acceptors (Lipinski definition) is 6. The van der Waals surface area contributed by atoms with Crippen molar-refractivity contribution in [3.63, 3.8) is 0 Å². The second-order valence-electron chi connectivity index (χ2n) is 6.65. The lowest BCUT2D eigenvalue weighted by Crippen LogP contribution is -2.44. The number of pyridine rings is 1. The van der Waals surface area contributed by atoms with E-state index in [1.165, 1.54) is 0 Å². The number of benzene rings is 1. The monoisotopic (exact) mass is 398 g/mol. The van der Waals surface area contributed by atoms with E-state index < -0.39 is 6.04 Å². The van der Waals surface area contributed by atoms with Gasteiger partial charge in [0.25, 0.3) is 5.91 Å². The van der Waals surface area contributed by atoms with E-state index in [1.54, 1.807) is 41.1 Å². The number of amides is 2. The average Bonchev–Trinajstić information content (AvgIpc) is 3.25. The molecule has 2 fully saturated rings. The first-order valence-electron chi connectivity index (χ1n) is 9.26. The molecule has 3 heterocycles. The molecule has 0 aliphatic carbocycles. The molecule has 0 saturated carbocycles. The van der Waals surface area contributed by atoms with Gasteiger partial charge in [0, 0.05) is 24.4 Å². The molecule has 1 N–H and O–H groups in total. The normalized spacial score (nSPS) is 19.5. The number of nitrogens with zero attached hydrogens (tertiary/aromatic N) is 3. The van der Waals surface area contributed by atoms with Crippen LogP contribution in [0.25, 0.3) is 0 Å². The summed E-state index contributed by atoms with van der Waals surface area (Å²) in [6, 6.07) is 12.3. The standard InChI is InChI=1S/C20H22N4O3S/c25-19(17-13-28-14-24(17)20(26)15-4-2-1-3-5-15)22-18-7-6-16(12-21-18)23-8-10-27-11-9-23/h1-7,12,17H,8-11,13-14H2,(H,21,22,25). The van der Waals surface area contributed by atoms with Gasteiger partial charge in [-0.2, -0.15) is 0 Å². The quantitative estimate of drug-likeness (QED) is 0.850. The van der Waals surface area contributed by atoms with E-state index >= 15 is 0 Å². The highest BCUT2D eigenvalue weighted by atomic mass is 32.2. The number of carbonyl (C=O) groups is 2. The van der Waals surface area contributed by atoms with Gasteiger partial charge in [-0.3, -0.25) is 9.59 Å². The average molecular weight is 398 g/mol. The van der Waals surface area contributed by atoms with Gasteiger partial charge >= 0.3 is 0 Å². The molecule has 8 heteroatoms. The Morgan fingerprint density at radius 2 is 1.89 bits per heavy atom. The molecule has 0 spiro atoms. The molecule has 4 rings (SSSR count). The van der Waals surface area contributed by atoms with Crippen LogP contribution in [0.5, 0.6) is 0 Å². The van der Waals surface area contributed by atoms with Crippen molar-refractivity contribution in [3.05, 3.63) is 54.2 Å². The number of rotatable bonds is 4. The SMILES string of the molecule is O=C(Nc1ccc(N2CCOCC2)cn1)C1CSCN1C(=O)c1ccccc1. The summed E-state index contributed by atoms with van der Waals surface area (Å²) in [5, 5.41) is 2.85. The Bertz CT molecular complexity index is 825. The van der Waals surface area contributed by atoms with E-state index in [2.05, 4.69) is 15.2 Å². The van der Waals surface area contributed by atoms with E-state index in [0.717, 1.165) is 18.8 Å². The Morgan fingerprint density at radius 3 is 2.61 bits per heavy atom. The molecule has 146 valence electrons. The maximum atomic E-state index is 12.8. The molecule has 1 aromatic heterocycles. The number of aromatic nitrogens is 1. The van der Waals surface area contributed by atoms with Crippen molar-refractivity contribution in [2.24, 2.45) is 0 Å². The third-order valence-corrected chi connectivity index (χ3v) is 5.85. The first-order valence-corrected chi connectivity index (χ1v) is 10.4. The molecule has 0 radical (unpaired) electrons. The van der Waals surface area contributed by atoms with Gasteiger partial charge in [-0.1, -0.05) is 18.2 Å². The van der Waals surface area contributed by atoms with Crippen LogP contribution >= 0.6 is 11.8 Å². The molecule has 1 atom stereocenters. The van der Waals surface area contributed by atoms with Gasteiger partial charge in [0.05, 0.1) is 31.0 Å².